The van der Waals surface area contributed by atoms with Gasteiger partial charge in [-0.1, -0.05) is 36.6 Å². The Kier molecular flexibility index (Phi) is 9.69. The number of allylic oxidation sites excluding steroid dienone is 3. The number of piperidine rings is 1. The highest BCUT2D eigenvalue weighted by Crippen LogP contribution is 2.18. The molecular formula is C19H36N2. The maximum absolute atomic E-state index is 3.57. The smallest absolute Gasteiger partial charge is 0.0137 e. The van der Waals surface area contributed by atoms with E-state index >= 15 is 0 Å². The molecule has 1 atom stereocenters. The van der Waals surface area contributed by atoms with Gasteiger partial charge in [-0.15, -0.1) is 0 Å². The summed E-state index contributed by atoms with van der Waals surface area (Å²) < 4.78 is 0. The predicted molar refractivity (Wildman–Crippen MR) is 94.8 cm³/mol. The highest BCUT2D eigenvalue weighted by molar-refractivity contribution is 5.02. The third-order valence-electron chi connectivity index (χ3n) is 4.48. The zero-order chi connectivity index (χ0) is 15.5. The van der Waals surface area contributed by atoms with E-state index in [0.29, 0.717) is 0 Å². The van der Waals surface area contributed by atoms with Crippen LogP contribution in [0.15, 0.2) is 23.3 Å². The number of hydrogen-bond acceptors (Lipinski definition) is 2. The first-order chi connectivity index (χ1) is 10.1. The minimum Gasteiger partial charge on any atom is -0.312 e. The van der Waals surface area contributed by atoms with Gasteiger partial charge in [-0.3, -0.25) is 4.90 Å². The molecule has 0 spiro atoms. The van der Waals surface area contributed by atoms with Gasteiger partial charge in [-0.2, -0.15) is 0 Å². The van der Waals surface area contributed by atoms with E-state index in [4.69, 9.17) is 0 Å². The van der Waals surface area contributed by atoms with Crippen LogP contribution < -0.4 is 5.32 Å². The van der Waals surface area contributed by atoms with Crippen molar-refractivity contribution in [3.05, 3.63) is 23.3 Å². The Labute approximate surface area is 132 Å². The van der Waals surface area contributed by atoms with Crippen molar-refractivity contribution in [1.29, 1.82) is 0 Å². The summed E-state index contributed by atoms with van der Waals surface area (Å²) in [5.74, 6) is 0. The van der Waals surface area contributed by atoms with Crippen LogP contribution in [0.5, 0.6) is 0 Å². The van der Waals surface area contributed by atoms with Crippen LogP contribution >= 0.6 is 0 Å². The molecule has 0 aromatic carbocycles. The second-order valence-electron chi connectivity index (χ2n) is 6.67. The quantitative estimate of drug-likeness (QED) is 0.496. The molecule has 1 unspecified atom stereocenters. The molecule has 122 valence electrons. The van der Waals surface area contributed by atoms with E-state index in [9.17, 15) is 0 Å². The van der Waals surface area contributed by atoms with E-state index in [2.05, 4.69) is 50.1 Å². The lowest BCUT2D eigenvalue weighted by molar-refractivity contribution is 0.145. The third-order valence-corrected chi connectivity index (χ3v) is 4.48. The number of nitrogens with one attached hydrogen (secondary N) is 1. The van der Waals surface area contributed by atoms with Crippen LogP contribution in [0.3, 0.4) is 0 Å². The van der Waals surface area contributed by atoms with Crippen molar-refractivity contribution in [2.45, 2.75) is 72.3 Å². The molecular weight excluding hydrogens is 256 g/mol. The minimum atomic E-state index is 0.835. The summed E-state index contributed by atoms with van der Waals surface area (Å²) in [4.78, 5) is 2.68. The van der Waals surface area contributed by atoms with Crippen LogP contribution in [-0.2, 0) is 0 Å². The lowest BCUT2D eigenvalue weighted by Crippen LogP contribution is -2.42. The van der Waals surface area contributed by atoms with E-state index in [1.807, 2.05) is 0 Å². The maximum atomic E-state index is 3.57. The van der Waals surface area contributed by atoms with Gasteiger partial charge in [-0.05, 0) is 59.4 Å². The van der Waals surface area contributed by atoms with Gasteiger partial charge >= 0.3 is 0 Å². The molecule has 1 heterocycles. The summed E-state index contributed by atoms with van der Waals surface area (Å²) in [5, 5.41) is 3.57. The highest BCUT2D eigenvalue weighted by atomic mass is 15.2. The highest BCUT2D eigenvalue weighted by Gasteiger charge is 2.19. The molecule has 1 aliphatic heterocycles. The Morgan fingerprint density at radius 1 is 1.19 bits per heavy atom. The number of rotatable bonds is 9. The topological polar surface area (TPSA) is 15.3 Å². The Hall–Kier alpha value is -0.600. The molecule has 0 aliphatic carbocycles. The molecule has 0 aromatic rings. The van der Waals surface area contributed by atoms with Crippen LogP contribution in [0, 0.1) is 0 Å². The van der Waals surface area contributed by atoms with Gasteiger partial charge in [0, 0.05) is 25.7 Å². The molecule has 0 radical (unpaired) electrons. The lowest BCUT2D eigenvalue weighted by Gasteiger charge is -2.35. The maximum Gasteiger partial charge on any atom is 0.0137 e. The Balaban J connectivity index is 2.11. The molecule has 2 heteroatoms. The fourth-order valence-electron chi connectivity index (χ4n) is 3.08. The van der Waals surface area contributed by atoms with Crippen LogP contribution in [0.2, 0.25) is 0 Å². The van der Waals surface area contributed by atoms with E-state index in [1.54, 1.807) is 0 Å². The first-order valence-electron chi connectivity index (χ1n) is 8.87. The Morgan fingerprint density at radius 2 is 2.00 bits per heavy atom. The number of hydrogen-bond donors (Lipinski definition) is 1. The monoisotopic (exact) mass is 292 g/mol. The third kappa shape index (κ3) is 8.43. The second kappa shape index (κ2) is 11.0. The average Bonchev–Trinajstić information content (AvgIpc) is 2.47. The molecule has 1 N–H and O–H groups in total. The van der Waals surface area contributed by atoms with Crippen molar-refractivity contribution >= 4 is 0 Å². The van der Waals surface area contributed by atoms with Crippen LogP contribution in [0.1, 0.15) is 66.2 Å². The summed E-state index contributed by atoms with van der Waals surface area (Å²) in [5.41, 5.74) is 2.93. The summed E-state index contributed by atoms with van der Waals surface area (Å²) in [6.07, 6.45) is 12.6. The molecule has 21 heavy (non-hydrogen) atoms. The summed E-state index contributed by atoms with van der Waals surface area (Å²) in [6, 6.07) is 0.835. The Bertz CT molecular complexity index is 326. The first kappa shape index (κ1) is 18.4. The van der Waals surface area contributed by atoms with Crippen molar-refractivity contribution < 1.29 is 0 Å². The molecule has 1 fully saturated rings. The Morgan fingerprint density at radius 3 is 2.71 bits per heavy atom. The SMILES string of the molecule is CCC1CCCCN1CCNC/C=C(\C)CCC=C(C)C. The fourth-order valence-corrected chi connectivity index (χ4v) is 3.08. The summed E-state index contributed by atoms with van der Waals surface area (Å²) in [7, 11) is 0. The predicted octanol–water partition coefficient (Wildman–Crippen LogP) is 4.53. The van der Waals surface area contributed by atoms with E-state index in [1.165, 1.54) is 62.8 Å². The number of likely N-dealkylation sites (tertiary alicyclic amines) is 1. The zero-order valence-corrected chi connectivity index (χ0v) is 14.8. The minimum absolute atomic E-state index is 0.835. The first-order valence-corrected chi connectivity index (χ1v) is 8.87. The standard InChI is InChI=1S/C19H36N2/c1-5-19-11-6-7-15-21(19)16-14-20-13-12-18(4)10-8-9-17(2)3/h9,12,19-20H,5-8,10-11,13-16H2,1-4H3/b18-12+. The van der Waals surface area contributed by atoms with Crippen molar-refractivity contribution in [2.75, 3.05) is 26.2 Å². The molecule has 1 aliphatic rings. The molecule has 1 rings (SSSR count). The summed E-state index contributed by atoms with van der Waals surface area (Å²) >= 11 is 0. The summed E-state index contributed by atoms with van der Waals surface area (Å²) in [6.45, 7) is 13.6. The van der Waals surface area contributed by atoms with Crippen molar-refractivity contribution in [3.8, 4) is 0 Å². The van der Waals surface area contributed by atoms with Crippen molar-refractivity contribution in [3.63, 3.8) is 0 Å². The molecule has 0 aromatic heterocycles. The van der Waals surface area contributed by atoms with Crippen LogP contribution in [-0.4, -0.2) is 37.1 Å². The number of nitrogens with zero attached hydrogens (tertiary/aromatic N) is 1. The molecule has 0 amide bonds. The van der Waals surface area contributed by atoms with Gasteiger partial charge in [0.05, 0.1) is 0 Å². The van der Waals surface area contributed by atoms with E-state index < -0.39 is 0 Å². The van der Waals surface area contributed by atoms with Gasteiger partial charge < -0.3 is 5.32 Å². The molecule has 1 saturated heterocycles. The zero-order valence-electron chi connectivity index (χ0n) is 14.8. The fraction of sp³-hybridized carbons (Fsp3) is 0.789. The van der Waals surface area contributed by atoms with Crippen LogP contribution in [0.4, 0.5) is 0 Å². The average molecular weight is 293 g/mol. The van der Waals surface area contributed by atoms with Gasteiger partial charge in [-0.25, -0.2) is 0 Å². The lowest BCUT2D eigenvalue weighted by atomic mass is 10.0. The van der Waals surface area contributed by atoms with Crippen molar-refractivity contribution in [1.82, 2.24) is 10.2 Å². The van der Waals surface area contributed by atoms with Crippen LogP contribution in [0.25, 0.3) is 0 Å². The van der Waals surface area contributed by atoms with Gasteiger partial charge in [0.15, 0.2) is 0 Å². The van der Waals surface area contributed by atoms with Gasteiger partial charge in [0.1, 0.15) is 0 Å². The van der Waals surface area contributed by atoms with E-state index in [-0.39, 0.29) is 0 Å². The second-order valence-corrected chi connectivity index (χ2v) is 6.67. The van der Waals surface area contributed by atoms with Gasteiger partial charge in [0.2, 0.25) is 0 Å². The van der Waals surface area contributed by atoms with Crippen molar-refractivity contribution in [2.24, 2.45) is 0 Å². The molecule has 0 bridgehead atoms. The normalized spacial score (nSPS) is 20.6. The van der Waals surface area contributed by atoms with E-state index in [0.717, 1.165) is 19.1 Å². The molecule has 0 saturated carbocycles. The van der Waals surface area contributed by atoms with Gasteiger partial charge in [0.25, 0.3) is 0 Å². The molecule has 2 nitrogen and oxygen atoms in total. The largest absolute Gasteiger partial charge is 0.312 e.